The van der Waals surface area contributed by atoms with E-state index < -0.39 is 10.4 Å². The zero-order valence-electron chi connectivity index (χ0n) is 11.5. The van der Waals surface area contributed by atoms with Gasteiger partial charge >= 0.3 is 10.4 Å². The third-order valence-corrected chi connectivity index (χ3v) is 4.32. The van der Waals surface area contributed by atoms with Crippen LogP contribution in [-0.4, -0.2) is 45.9 Å². The van der Waals surface area contributed by atoms with Crippen molar-refractivity contribution in [2.75, 3.05) is 13.2 Å². The summed E-state index contributed by atoms with van der Waals surface area (Å²) in [6.07, 6.45) is 1.73. The topological polar surface area (TPSA) is 87.9 Å². The lowest BCUT2D eigenvalue weighted by molar-refractivity contribution is -0.0794. The molecule has 2 bridgehead atoms. The Morgan fingerprint density at radius 2 is 2.05 bits per heavy atom. The largest absolute Gasteiger partial charge is 0.413 e. The molecular weight excluding hydrogens is 308 g/mol. The van der Waals surface area contributed by atoms with Gasteiger partial charge in [0.25, 0.3) is 0 Å². The van der Waals surface area contributed by atoms with Crippen LogP contribution in [0.3, 0.4) is 0 Å². The van der Waals surface area contributed by atoms with Crippen LogP contribution in [0.15, 0.2) is 36.5 Å². The van der Waals surface area contributed by atoms with Crippen molar-refractivity contribution in [1.29, 1.82) is 0 Å². The molecule has 3 heterocycles. The first-order chi connectivity index (χ1) is 10.5. The third kappa shape index (κ3) is 2.32. The first kappa shape index (κ1) is 13.9. The van der Waals surface area contributed by atoms with Gasteiger partial charge in [0, 0.05) is 18.7 Å². The van der Waals surface area contributed by atoms with Crippen molar-refractivity contribution in [2.24, 2.45) is 0 Å². The van der Waals surface area contributed by atoms with Crippen LogP contribution in [0.1, 0.15) is 17.3 Å². The average molecular weight is 322 g/mol. The Morgan fingerprint density at radius 1 is 1.27 bits per heavy atom. The fourth-order valence-electron chi connectivity index (χ4n) is 3.08. The van der Waals surface area contributed by atoms with E-state index in [9.17, 15) is 8.42 Å². The molecule has 22 heavy (non-hydrogen) atoms. The highest BCUT2D eigenvalue weighted by atomic mass is 32.3. The van der Waals surface area contributed by atoms with Crippen LogP contribution in [0.25, 0.3) is 5.69 Å². The molecule has 1 fully saturated rings. The quantitative estimate of drug-likeness (QED) is 0.834. The second-order valence-electron chi connectivity index (χ2n) is 5.38. The molecule has 1 aromatic heterocycles. The van der Waals surface area contributed by atoms with Crippen LogP contribution < -0.4 is 0 Å². The zero-order valence-corrected chi connectivity index (χ0v) is 12.3. The normalized spacial score (nSPS) is 24.4. The van der Waals surface area contributed by atoms with Crippen molar-refractivity contribution in [2.45, 2.75) is 12.6 Å². The van der Waals surface area contributed by atoms with Crippen LogP contribution in [0.4, 0.5) is 0 Å². The van der Waals surface area contributed by atoms with E-state index >= 15 is 0 Å². The minimum absolute atomic E-state index is 0.261. The molecule has 4 rings (SSSR count). The van der Waals surface area contributed by atoms with Gasteiger partial charge < -0.3 is 0 Å². The number of hydroxylamine groups is 2. The van der Waals surface area contributed by atoms with Crippen LogP contribution in [0.5, 0.6) is 0 Å². The predicted octanol–water partition coefficient (Wildman–Crippen LogP) is 0.736. The summed E-state index contributed by atoms with van der Waals surface area (Å²) in [5, 5.41) is 5.69. The predicted molar refractivity (Wildman–Crippen MR) is 76.1 cm³/mol. The molecule has 0 radical (unpaired) electrons. The number of aromatic nitrogens is 2. The van der Waals surface area contributed by atoms with Gasteiger partial charge in [0.2, 0.25) is 0 Å². The number of para-hydroxylation sites is 1. The lowest BCUT2D eigenvalue weighted by Gasteiger charge is -2.23. The highest BCUT2D eigenvalue weighted by Crippen LogP contribution is 2.37. The van der Waals surface area contributed by atoms with E-state index in [1.807, 2.05) is 39.9 Å². The van der Waals surface area contributed by atoms with Gasteiger partial charge in [-0.1, -0.05) is 18.2 Å². The van der Waals surface area contributed by atoms with Crippen LogP contribution in [-0.2, 0) is 21.2 Å². The van der Waals surface area contributed by atoms with E-state index in [2.05, 4.69) is 9.38 Å². The molecule has 1 N–H and O–H groups in total. The van der Waals surface area contributed by atoms with Gasteiger partial charge in [-0.05, 0) is 12.1 Å². The highest BCUT2D eigenvalue weighted by Gasteiger charge is 2.42. The van der Waals surface area contributed by atoms with Crippen LogP contribution in [0.2, 0.25) is 0 Å². The minimum Gasteiger partial charge on any atom is -0.281 e. The molecule has 2 aliphatic rings. The minimum atomic E-state index is -4.52. The summed E-state index contributed by atoms with van der Waals surface area (Å²) in [6.45, 7) is 1.60. The number of fused-ring (bicyclic) bond motifs is 4. The van der Waals surface area contributed by atoms with Crippen LogP contribution >= 0.6 is 0 Å². The van der Waals surface area contributed by atoms with E-state index in [1.54, 1.807) is 6.20 Å². The van der Waals surface area contributed by atoms with Crippen molar-refractivity contribution in [1.82, 2.24) is 19.7 Å². The summed E-state index contributed by atoms with van der Waals surface area (Å²) in [5.74, 6) is 0. The summed E-state index contributed by atoms with van der Waals surface area (Å²) < 4.78 is 37.4. The third-order valence-electron chi connectivity index (χ3n) is 3.94. The summed E-state index contributed by atoms with van der Waals surface area (Å²) in [5.41, 5.74) is 2.87. The average Bonchev–Trinajstić information content (AvgIpc) is 3.02. The van der Waals surface area contributed by atoms with E-state index in [-0.39, 0.29) is 6.04 Å². The maximum absolute atomic E-state index is 11.0. The fourth-order valence-corrected chi connectivity index (χ4v) is 3.47. The van der Waals surface area contributed by atoms with Gasteiger partial charge in [-0.25, -0.2) is 4.68 Å². The SMILES string of the molecule is O=S(=O)(O)ON1CN2Cc3c(cnn3-c3ccccc3)C1C2. The Labute approximate surface area is 127 Å². The summed E-state index contributed by atoms with van der Waals surface area (Å²) in [7, 11) is -4.52. The fraction of sp³-hybridized carbons (Fsp3) is 0.308. The molecule has 0 spiro atoms. The van der Waals surface area contributed by atoms with Crippen molar-refractivity contribution in [3.8, 4) is 5.69 Å². The number of hydrogen-bond acceptors (Lipinski definition) is 6. The van der Waals surface area contributed by atoms with Crippen molar-refractivity contribution >= 4 is 10.4 Å². The lowest BCUT2D eigenvalue weighted by atomic mass is 10.0. The molecule has 9 heteroatoms. The van der Waals surface area contributed by atoms with Crippen molar-refractivity contribution in [3.63, 3.8) is 0 Å². The van der Waals surface area contributed by atoms with Gasteiger partial charge in [0.15, 0.2) is 0 Å². The van der Waals surface area contributed by atoms with E-state index in [0.717, 1.165) is 16.9 Å². The monoisotopic (exact) mass is 322 g/mol. The Hall–Kier alpha value is -1.78. The first-order valence-electron chi connectivity index (χ1n) is 6.79. The van der Waals surface area contributed by atoms with Gasteiger partial charge in [-0.15, -0.1) is 5.06 Å². The van der Waals surface area contributed by atoms with Crippen molar-refractivity contribution < 1.29 is 17.3 Å². The van der Waals surface area contributed by atoms with Gasteiger partial charge in [-0.2, -0.15) is 17.8 Å². The summed E-state index contributed by atoms with van der Waals surface area (Å²) in [4.78, 5) is 2.04. The van der Waals surface area contributed by atoms with E-state index in [4.69, 9.17) is 4.55 Å². The molecule has 0 amide bonds. The Balaban J connectivity index is 1.72. The standard InChI is InChI=1S/C13H14N4O4S/c18-22(19,20)21-16-9-15-7-12(16)11-6-14-17(13(11)8-15)10-4-2-1-3-5-10/h1-6,12H,7-9H2,(H,18,19,20). The zero-order chi connectivity index (χ0) is 15.3. The maximum Gasteiger partial charge on any atom is 0.413 e. The molecule has 0 aliphatic carbocycles. The highest BCUT2D eigenvalue weighted by molar-refractivity contribution is 7.80. The first-order valence-corrected chi connectivity index (χ1v) is 8.16. The smallest absolute Gasteiger partial charge is 0.281 e. The second kappa shape index (κ2) is 4.86. The van der Waals surface area contributed by atoms with E-state index in [0.29, 0.717) is 19.8 Å². The molecule has 2 aromatic rings. The lowest BCUT2D eigenvalue weighted by Crippen LogP contribution is -2.27. The van der Waals surface area contributed by atoms with Gasteiger partial charge in [0.1, 0.15) is 0 Å². The maximum atomic E-state index is 11.0. The number of rotatable bonds is 3. The molecule has 1 saturated heterocycles. The molecule has 2 atom stereocenters. The molecule has 2 unspecified atom stereocenters. The number of benzene rings is 1. The molecular formula is C13H14N4O4S. The number of nitrogens with zero attached hydrogens (tertiary/aromatic N) is 4. The Bertz CT molecular complexity index is 805. The van der Waals surface area contributed by atoms with Crippen LogP contribution in [0, 0.1) is 0 Å². The molecule has 8 nitrogen and oxygen atoms in total. The molecule has 0 saturated carbocycles. The Kier molecular flexibility index (Phi) is 3.06. The second-order valence-corrected chi connectivity index (χ2v) is 6.39. The van der Waals surface area contributed by atoms with Crippen molar-refractivity contribution in [3.05, 3.63) is 47.8 Å². The summed E-state index contributed by atoms with van der Waals surface area (Å²) >= 11 is 0. The molecule has 116 valence electrons. The van der Waals surface area contributed by atoms with E-state index in [1.165, 1.54) is 5.06 Å². The van der Waals surface area contributed by atoms with Gasteiger partial charge in [0.05, 0.1) is 30.3 Å². The van der Waals surface area contributed by atoms with Gasteiger partial charge in [-0.3, -0.25) is 9.45 Å². The molecule has 2 aliphatic heterocycles. The number of hydrogen-bond donors (Lipinski definition) is 1. The molecule has 1 aromatic carbocycles. The Morgan fingerprint density at radius 3 is 2.77 bits per heavy atom. The summed E-state index contributed by atoms with van der Waals surface area (Å²) in [6, 6.07) is 9.48.